The van der Waals surface area contributed by atoms with E-state index in [9.17, 15) is 4.39 Å². The van der Waals surface area contributed by atoms with Crippen LogP contribution in [0.2, 0.25) is 0 Å². The molecule has 0 spiro atoms. The topological polar surface area (TPSA) is 12.0 Å². The molecule has 1 aromatic carbocycles. The Bertz CT molecular complexity index is 352. The molecule has 0 unspecified atom stereocenters. The van der Waals surface area contributed by atoms with Crippen molar-refractivity contribution in [3.63, 3.8) is 0 Å². The molecule has 1 aliphatic carbocycles. The zero-order valence-electron chi connectivity index (χ0n) is 8.14. The number of alkyl halides is 1. The van der Waals surface area contributed by atoms with Gasteiger partial charge in [0.05, 0.1) is 4.47 Å². The van der Waals surface area contributed by atoms with Gasteiger partial charge in [-0.15, -0.1) is 11.6 Å². The first kappa shape index (κ1) is 11.4. The van der Waals surface area contributed by atoms with Gasteiger partial charge in [-0.05, 0) is 46.5 Å². The van der Waals surface area contributed by atoms with Crippen LogP contribution in [-0.4, -0.2) is 11.4 Å². The molecule has 0 atom stereocenters. The van der Waals surface area contributed by atoms with Crippen LogP contribution in [0.3, 0.4) is 0 Å². The second kappa shape index (κ2) is 4.81. The lowest BCUT2D eigenvalue weighted by atomic mass is 9.92. The quantitative estimate of drug-likeness (QED) is 0.842. The molecule has 0 bridgehead atoms. The third-order valence-corrected chi connectivity index (χ3v) is 3.62. The summed E-state index contributed by atoms with van der Waals surface area (Å²) in [6.45, 7) is 0.771. The Morgan fingerprint density at radius 1 is 1.47 bits per heavy atom. The van der Waals surface area contributed by atoms with Crippen LogP contribution in [0, 0.1) is 5.82 Å². The first-order valence-electron chi connectivity index (χ1n) is 4.96. The van der Waals surface area contributed by atoms with Gasteiger partial charge in [-0.2, -0.15) is 0 Å². The van der Waals surface area contributed by atoms with E-state index < -0.39 is 0 Å². The molecule has 1 aromatic rings. The molecule has 1 N–H and O–H groups in total. The van der Waals surface area contributed by atoms with Gasteiger partial charge in [0.1, 0.15) is 5.82 Å². The summed E-state index contributed by atoms with van der Waals surface area (Å²) < 4.78 is 13.5. The molecule has 0 heterocycles. The van der Waals surface area contributed by atoms with Crippen LogP contribution >= 0.6 is 27.5 Å². The van der Waals surface area contributed by atoms with Crippen molar-refractivity contribution >= 4 is 27.5 Å². The predicted molar refractivity (Wildman–Crippen MR) is 63.6 cm³/mol. The highest BCUT2D eigenvalue weighted by Crippen LogP contribution is 2.25. The third-order valence-electron chi connectivity index (χ3n) is 2.66. The van der Waals surface area contributed by atoms with Crippen molar-refractivity contribution in [2.24, 2.45) is 0 Å². The van der Waals surface area contributed by atoms with E-state index in [-0.39, 0.29) is 5.82 Å². The van der Waals surface area contributed by atoms with Crippen molar-refractivity contribution in [1.82, 2.24) is 5.32 Å². The third kappa shape index (κ3) is 2.92. The summed E-state index contributed by atoms with van der Waals surface area (Å²) in [5.41, 5.74) is 1.08. The summed E-state index contributed by atoms with van der Waals surface area (Å²) in [7, 11) is 0. The second-order valence-corrected chi connectivity index (χ2v) is 5.37. The predicted octanol–water partition coefficient (Wildman–Crippen LogP) is 3.45. The average molecular weight is 293 g/mol. The molecule has 1 saturated carbocycles. The van der Waals surface area contributed by atoms with Crippen LogP contribution < -0.4 is 5.32 Å². The molecule has 0 aliphatic heterocycles. The molecule has 0 amide bonds. The molecule has 15 heavy (non-hydrogen) atoms. The van der Waals surface area contributed by atoms with Crippen molar-refractivity contribution in [3.05, 3.63) is 34.1 Å². The van der Waals surface area contributed by atoms with E-state index in [4.69, 9.17) is 11.6 Å². The molecule has 1 nitrogen and oxygen atoms in total. The summed E-state index contributed by atoms with van der Waals surface area (Å²) >= 11 is 9.04. The van der Waals surface area contributed by atoms with Gasteiger partial charge in [-0.1, -0.05) is 6.07 Å². The van der Waals surface area contributed by atoms with E-state index in [2.05, 4.69) is 21.2 Å². The summed E-state index contributed by atoms with van der Waals surface area (Å²) in [6, 6.07) is 5.60. The molecule has 4 heteroatoms. The van der Waals surface area contributed by atoms with Gasteiger partial charge in [0.2, 0.25) is 0 Å². The Morgan fingerprint density at radius 3 is 2.80 bits per heavy atom. The molecule has 0 aromatic heterocycles. The van der Waals surface area contributed by atoms with Gasteiger partial charge in [-0.3, -0.25) is 0 Å². The minimum atomic E-state index is -0.219. The first-order valence-corrected chi connectivity index (χ1v) is 6.19. The molecular formula is C11H12BrClFN. The van der Waals surface area contributed by atoms with E-state index in [1.165, 1.54) is 6.07 Å². The molecule has 1 fully saturated rings. The van der Waals surface area contributed by atoms with Crippen molar-refractivity contribution < 1.29 is 4.39 Å². The molecular weight excluding hydrogens is 280 g/mol. The standard InChI is InChI=1S/C11H12BrClFN/c12-10-3-7(1-2-11(10)14)6-15-9-4-8(13)5-9/h1-3,8-9,15H,4-6H2. The van der Waals surface area contributed by atoms with Crippen LogP contribution in [0.4, 0.5) is 4.39 Å². The van der Waals surface area contributed by atoms with Crippen LogP contribution in [0.25, 0.3) is 0 Å². The Morgan fingerprint density at radius 2 is 2.20 bits per heavy atom. The summed E-state index contributed by atoms with van der Waals surface area (Å²) in [6.07, 6.45) is 2.06. The van der Waals surface area contributed by atoms with Crippen LogP contribution in [-0.2, 0) is 6.54 Å². The lowest BCUT2D eigenvalue weighted by Gasteiger charge is -2.31. The molecule has 0 radical (unpaired) electrons. The highest BCUT2D eigenvalue weighted by Gasteiger charge is 2.26. The van der Waals surface area contributed by atoms with E-state index in [1.54, 1.807) is 12.1 Å². The number of nitrogens with one attached hydrogen (secondary N) is 1. The maximum Gasteiger partial charge on any atom is 0.137 e. The monoisotopic (exact) mass is 291 g/mol. The number of rotatable bonds is 3. The number of halogens is 3. The van der Waals surface area contributed by atoms with Gasteiger partial charge in [0.25, 0.3) is 0 Å². The van der Waals surface area contributed by atoms with E-state index in [1.807, 2.05) is 0 Å². The number of benzene rings is 1. The lowest BCUT2D eigenvalue weighted by molar-refractivity contribution is 0.345. The summed E-state index contributed by atoms with van der Waals surface area (Å²) in [4.78, 5) is 0. The Hall–Kier alpha value is -0.120. The smallest absolute Gasteiger partial charge is 0.137 e. The molecule has 82 valence electrons. The minimum Gasteiger partial charge on any atom is -0.310 e. The van der Waals surface area contributed by atoms with E-state index in [0.29, 0.717) is 15.9 Å². The number of hydrogen-bond acceptors (Lipinski definition) is 1. The zero-order valence-corrected chi connectivity index (χ0v) is 10.5. The molecule has 0 saturated heterocycles. The summed E-state index contributed by atoms with van der Waals surface area (Å²) in [5.74, 6) is -0.219. The van der Waals surface area contributed by atoms with Crippen molar-refractivity contribution in [2.45, 2.75) is 30.8 Å². The SMILES string of the molecule is Fc1ccc(CNC2CC(Cl)C2)cc1Br. The molecule has 1 aliphatic rings. The van der Waals surface area contributed by atoms with Crippen molar-refractivity contribution in [3.8, 4) is 0 Å². The zero-order chi connectivity index (χ0) is 10.8. The fourth-order valence-electron chi connectivity index (χ4n) is 1.63. The lowest BCUT2D eigenvalue weighted by Crippen LogP contribution is -2.41. The first-order chi connectivity index (χ1) is 7.15. The van der Waals surface area contributed by atoms with Crippen LogP contribution in [0.15, 0.2) is 22.7 Å². The fourth-order valence-corrected chi connectivity index (χ4v) is 2.48. The fraction of sp³-hybridized carbons (Fsp3) is 0.455. The van der Waals surface area contributed by atoms with Crippen LogP contribution in [0.5, 0.6) is 0 Å². The number of hydrogen-bond donors (Lipinski definition) is 1. The highest BCUT2D eigenvalue weighted by molar-refractivity contribution is 9.10. The Balaban J connectivity index is 1.86. The van der Waals surface area contributed by atoms with Crippen molar-refractivity contribution in [1.29, 1.82) is 0 Å². The summed E-state index contributed by atoms with van der Waals surface area (Å²) in [5, 5.41) is 3.72. The Labute approximate surface area is 102 Å². The second-order valence-electron chi connectivity index (χ2n) is 3.89. The van der Waals surface area contributed by atoms with Gasteiger partial charge in [-0.25, -0.2) is 4.39 Å². The van der Waals surface area contributed by atoms with Gasteiger partial charge < -0.3 is 5.32 Å². The Kier molecular flexibility index (Phi) is 3.65. The maximum atomic E-state index is 12.9. The van der Waals surface area contributed by atoms with E-state index >= 15 is 0 Å². The van der Waals surface area contributed by atoms with Gasteiger partial charge in [0, 0.05) is 18.0 Å². The average Bonchev–Trinajstić information content (AvgIpc) is 2.16. The van der Waals surface area contributed by atoms with Gasteiger partial charge >= 0.3 is 0 Å². The largest absolute Gasteiger partial charge is 0.310 e. The van der Waals surface area contributed by atoms with Crippen molar-refractivity contribution in [2.75, 3.05) is 0 Å². The highest BCUT2D eigenvalue weighted by atomic mass is 79.9. The normalized spacial score (nSPS) is 25.0. The minimum absolute atomic E-state index is 0.219. The van der Waals surface area contributed by atoms with E-state index in [0.717, 1.165) is 24.9 Å². The van der Waals surface area contributed by atoms with Gasteiger partial charge in [0.15, 0.2) is 0 Å². The maximum absolute atomic E-state index is 12.9. The van der Waals surface area contributed by atoms with Crippen LogP contribution in [0.1, 0.15) is 18.4 Å². The molecule has 2 rings (SSSR count).